The maximum Gasteiger partial charge on any atom is 0.230 e. The van der Waals surface area contributed by atoms with Gasteiger partial charge in [-0.25, -0.2) is 9.37 Å². The summed E-state index contributed by atoms with van der Waals surface area (Å²) in [4.78, 5) is 21.1. The minimum Gasteiger partial charge on any atom is -0.379 e. The average molecular weight is 444 g/mol. The summed E-state index contributed by atoms with van der Waals surface area (Å²) in [6, 6.07) is 0.00469. The first-order chi connectivity index (χ1) is 14.6. The van der Waals surface area contributed by atoms with Gasteiger partial charge in [-0.3, -0.25) is 14.9 Å². The van der Waals surface area contributed by atoms with Crippen LogP contribution in [-0.4, -0.2) is 36.5 Å². The molecule has 0 atom stereocenters. The predicted octanol–water partition coefficient (Wildman–Crippen LogP) is 4.87. The van der Waals surface area contributed by atoms with Crippen LogP contribution in [0.5, 0.6) is 0 Å². The summed E-state index contributed by atoms with van der Waals surface area (Å²) in [5, 5.41) is 13.4. The predicted molar refractivity (Wildman–Crippen MR) is 120 cm³/mol. The lowest BCUT2D eigenvalue weighted by Crippen LogP contribution is -2.27. The number of nitrogens with zero attached hydrogens (tertiary/aromatic N) is 4. The first kappa shape index (κ1) is 21.0. The van der Waals surface area contributed by atoms with Crippen molar-refractivity contribution in [3.63, 3.8) is 0 Å². The Morgan fingerprint density at radius 1 is 1.26 bits per heavy atom. The standard InChI is InChI=1S/C21H23ClFN7O/c1-10(2)26-19-17(23)16(22)15(11-6-25-29-18(11)19)12-8-30-9-13(27-14(30)7-24-12)28-20(31)21(3,4)5/h6-10,26H,1-5H3,(H,25,29)(H,28,31). The zero-order chi connectivity index (χ0) is 22.5. The van der Waals surface area contributed by atoms with Gasteiger partial charge >= 0.3 is 0 Å². The van der Waals surface area contributed by atoms with Gasteiger partial charge in [0.2, 0.25) is 5.91 Å². The third-order valence-corrected chi connectivity index (χ3v) is 5.10. The van der Waals surface area contributed by atoms with E-state index in [1.54, 1.807) is 29.2 Å². The van der Waals surface area contributed by atoms with Crippen molar-refractivity contribution in [2.75, 3.05) is 10.6 Å². The van der Waals surface area contributed by atoms with Gasteiger partial charge in [0.05, 0.1) is 40.5 Å². The van der Waals surface area contributed by atoms with Gasteiger partial charge in [0.1, 0.15) is 0 Å². The SMILES string of the molecule is CC(C)Nc1c(F)c(Cl)c(-c2cn3cc(NC(=O)C(C)(C)C)nc3cn2)c2cn[nH]c12. The van der Waals surface area contributed by atoms with Crippen LogP contribution < -0.4 is 10.6 Å². The Morgan fingerprint density at radius 2 is 2.00 bits per heavy atom. The number of H-pyrrole nitrogens is 1. The minimum atomic E-state index is -0.576. The largest absolute Gasteiger partial charge is 0.379 e. The van der Waals surface area contributed by atoms with E-state index >= 15 is 4.39 Å². The van der Waals surface area contributed by atoms with E-state index in [-0.39, 0.29) is 22.7 Å². The number of aromatic amines is 1. The normalized spacial score (nSPS) is 12.1. The molecule has 0 unspecified atom stereocenters. The van der Waals surface area contributed by atoms with E-state index < -0.39 is 11.2 Å². The fourth-order valence-electron chi connectivity index (χ4n) is 3.18. The number of carbonyl (C=O) groups excluding carboxylic acids is 1. The average Bonchev–Trinajstić information content (AvgIpc) is 3.30. The van der Waals surface area contributed by atoms with Crippen molar-refractivity contribution in [2.24, 2.45) is 5.41 Å². The fourth-order valence-corrected chi connectivity index (χ4v) is 3.47. The van der Waals surface area contributed by atoms with Crippen LogP contribution in [0, 0.1) is 11.2 Å². The van der Waals surface area contributed by atoms with Crippen molar-refractivity contribution >= 4 is 45.6 Å². The molecule has 3 aromatic heterocycles. The number of amides is 1. The van der Waals surface area contributed by atoms with Crippen molar-refractivity contribution in [2.45, 2.75) is 40.7 Å². The lowest BCUT2D eigenvalue weighted by atomic mass is 9.96. The number of benzene rings is 1. The molecule has 1 aromatic carbocycles. The molecular weight excluding hydrogens is 421 g/mol. The number of rotatable bonds is 4. The van der Waals surface area contributed by atoms with Crippen molar-refractivity contribution < 1.29 is 9.18 Å². The molecule has 162 valence electrons. The molecular formula is C21H23ClFN7O. The molecule has 8 nitrogen and oxygen atoms in total. The molecule has 0 saturated heterocycles. The zero-order valence-electron chi connectivity index (χ0n) is 17.8. The number of imidazole rings is 1. The van der Waals surface area contributed by atoms with Crippen LogP contribution in [0.4, 0.5) is 15.9 Å². The first-order valence-corrected chi connectivity index (χ1v) is 10.2. The second-order valence-corrected chi connectivity index (χ2v) is 9.08. The molecule has 4 rings (SSSR count). The van der Waals surface area contributed by atoms with E-state index in [0.29, 0.717) is 33.6 Å². The second kappa shape index (κ2) is 7.49. The summed E-state index contributed by atoms with van der Waals surface area (Å²) >= 11 is 6.45. The van der Waals surface area contributed by atoms with Crippen LogP contribution in [0.15, 0.2) is 24.8 Å². The molecule has 0 spiro atoms. The summed E-state index contributed by atoms with van der Waals surface area (Å²) in [5.41, 5.74) is 1.63. The summed E-state index contributed by atoms with van der Waals surface area (Å²) in [5.74, 6) is -0.323. The highest BCUT2D eigenvalue weighted by Gasteiger charge is 2.24. The third kappa shape index (κ3) is 3.81. The van der Waals surface area contributed by atoms with Crippen molar-refractivity contribution in [1.29, 1.82) is 0 Å². The second-order valence-electron chi connectivity index (χ2n) is 8.70. The van der Waals surface area contributed by atoms with Crippen LogP contribution in [0.1, 0.15) is 34.6 Å². The number of nitrogens with one attached hydrogen (secondary N) is 3. The van der Waals surface area contributed by atoms with E-state index in [9.17, 15) is 4.79 Å². The van der Waals surface area contributed by atoms with Gasteiger partial charge in [0.15, 0.2) is 17.3 Å². The number of carbonyl (C=O) groups is 1. The van der Waals surface area contributed by atoms with E-state index in [4.69, 9.17) is 11.6 Å². The Balaban J connectivity index is 1.81. The molecule has 3 N–H and O–H groups in total. The number of fused-ring (bicyclic) bond motifs is 2. The Labute approximate surface area is 183 Å². The molecule has 31 heavy (non-hydrogen) atoms. The van der Waals surface area contributed by atoms with Gasteiger partial charge < -0.3 is 15.0 Å². The van der Waals surface area contributed by atoms with E-state index in [1.165, 1.54) is 0 Å². The first-order valence-electron chi connectivity index (χ1n) is 9.83. The molecule has 3 heterocycles. The maximum atomic E-state index is 15.2. The van der Waals surface area contributed by atoms with Crippen LogP contribution in [-0.2, 0) is 4.79 Å². The van der Waals surface area contributed by atoms with Crippen molar-refractivity contribution in [3.8, 4) is 11.3 Å². The van der Waals surface area contributed by atoms with Crippen molar-refractivity contribution in [1.82, 2.24) is 24.6 Å². The number of halogens is 2. The maximum absolute atomic E-state index is 15.2. The summed E-state index contributed by atoms with van der Waals surface area (Å²) in [6.45, 7) is 9.29. The molecule has 0 aliphatic rings. The zero-order valence-corrected chi connectivity index (χ0v) is 18.6. The molecule has 0 aliphatic heterocycles. The Kier molecular flexibility index (Phi) is 5.09. The lowest BCUT2D eigenvalue weighted by Gasteiger charge is -2.16. The fraction of sp³-hybridized carbons (Fsp3) is 0.333. The highest BCUT2D eigenvalue weighted by molar-refractivity contribution is 6.35. The van der Waals surface area contributed by atoms with Gasteiger partial charge in [0, 0.05) is 28.6 Å². The number of hydrogen-bond donors (Lipinski definition) is 3. The molecule has 0 aliphatic carbocycles. The minimum absolute atomic E-state index is 0.00469. The van der Waals surface area contributed by atoms with Crippen LogP contribution >= 0.6 is 11.6 Å². The Bertz CT molecular complexity index is 1300. The lowest BCUT2D eigenvalue weighted by molar-refractivity contribution is -0.123. The highest BCUT2D eigenvalue weighted by Crippen LogP contribution is 2.40. The van der Waals surface area contributed by atoms with Crippen LogP contribution in [0.25, 0.3) is 27.8 Å². The van der Waals surface area contributed by atoms with E-state index in [0.717, 1.165) is 0 Å². The highest BCUT2D eigenvalue weighted by atomic mass is 35.5. The Morgan fingerprint density at radius 3 is 2.68 bits per heavy atom. The number of anilines is 2. The van der Waals surface area contributed by atoms with Crippen LogP contribution in [0.2, 0.25) is 5.02 Å². The summed E-state index contributed by atoms with van der Waals surface area (Å²) in [6.07, 6.45) is 6.51. The van der Waals surface area contributed by atoms with Gasteiger partial charge in [-0.2, -0.15) is 5.10 Å². The van der Waals surface area contributed by atoms with Gasteiger partial charge in [-0.1, -0.05) is 32.4 Å². The molecule has 0 radical (unpaired) electrons. The van der Waals surface area contributed by atoms with Gasteiger partial charge in [-0.15, -0.1) is 0 Å². The van der Waals surface area contributed by atoms with Gasteiger partial charge in [-0.05, 0) is 13.8 Å². The molecule has 4 aromatic rings. The monoisotopic (exact) mass is 443 g/mol. The number of hydrogen-bond acceptors (Lipinski definition) is 5. The summed E-state index contributed by atoms with van der Waals surface area (Å²) < 4.78 is 16.9. The molecule has 0 saturated carbocycles. The molecule has 0 fully saturated rings. The molecule has 0 bridgehead atoms. The van der Waals surface area contributed by atoms with Crippen molar-refractivity contribution in [3.05, 3.63) is 35.6 Å². The smallest absolute Gasteiger partial charge is 0.230 e. The Hall–Kier alpha value is -3.20. The third-order valence-electron chi connectivity index (χ3n) is 4.74. The van der Waals surface area contributed by atoms with E-state index in [1.807, 2.05) is 34.6 Å². The summed E-state index contributed by atoms with van der Waals surface area (Å²) in [7, 11) is 0. The van der Waals surface area contributed by atoms with E-state index in [2.05, 4.69) is 30.8 Å². The quantitative estimate of drug-likeness (QED) is 0.417. The topological polar surface area (TPSA) is 100 Å². The molecule has 1 amide bonds. The number of aromatic nitrogens is 5. The van der Waals surface area contributed by atoms with Crippen LogP contribution in [0.3, 0.4) is 0 Å². The molecule has 10 heteroatoms. The van der Waals surface area contributed by atoms with Gasteiger partial charge in [0.25, 0.3) is 0 Å².